The molecule has 1 saturated carbocycles. The summed E-state index contributed by atoms with van der Waals surface area (Å²) in [4.78, 5) is 2.63. The van der Waals surface area contributed by atoms with Crippen LogP contribution in [0.25, 0.3) is 0 Å². The van der Waals surface area contributed by atoms with Crippen LogP contribution >= 0.6 is 0 Å². The van der Waals surface area contributed by atoms with Crippen LogP contribution in [0.1, 0.15) is 50.5 Å². The zero-order chi connectivity index (χ0) is 16.6. The summed E-state index contributed by atoms with van der Waals surface area (Å²) < 4.78 is 5.22. The van der Waals surface area contributed by atoms with Crippen LogP contribution in [0.5, 0.6) is 5.75 Å². The second kappa shape index (κ2) is 9.43. The normalized spacial score (nSPS) is 21.0. The predicted molar refractivity (Wildman–Crippen MR) is 101 cm³/mol. The minimum atomic E-state index is 0.754. The maximum atomic E-state index is 5.22. The zero-order valence-corrected chi connectivity index (χ0v) is 15.3. The van der Waals surface area contributed by atoms with E-state index >= 15 is 0 Å². The van der Waals surface area contributed by atoms with Gasteiger partial charge in [0.15, 0.2) is 0 Å². The van der Waals surface area contributed by atoms with Crippen LogP contribution in [0.3, 0.4) is 0 Å². The molecule has 2 aliphatic rings. The Bertz CT molecular complexity index is 459. The van der Waals surface area contributed by atoms with Crippen molar-refractivity contribution in [2.75, 3.05) is 33.3 Å². The highest BCUT2D eigenvalue weighted by molar-refractivity contribution is 5.27. The van der Waals surface area contributed by atoms with Crippen molar-refractivity contribution in [3.63, 3.8) is 0 Å². The molecule has 134 valence electrons. The predicted octanol–water partition coefficient (Wildman–Crippen LogP) is 3.87. The van der Waals surface area contributed by atoms with E-state index in [0.717, 1.165) is 24.1 Å². The quantitative estimate of drug-likeness (QED) is 0.821. The Kier molecular flexibility index (Phi) is 6.98. The molecule has 1 aliphatic carbocycles. The number of rotatable bonds is 7. The average molecular weight is 331 g/mol. The van der Waals surface area contributed by atoms with Gasteiger partial charge in [0.1, 0.15) is 5.75 Å². The van der Waals surface area contributed by atoms with E-state index < -0.39 is 0 Å². The standard InChI is InChI=1S/C21H34N2O/c1-24-21-9-7-18(8-10-21)11-14-23-15-12-20(13-16-23)22-17-19-5-3-2-4-6-19/h7-10,19-20,22H,2-6,11-17H2,1H3. The van der Waals surface area contributed by atoms with E-state index in [1.165, 1.54) is 76.7 Å². The number of benzene rings is 1. The average Bonchev–Trinajstić information content (AvgIpc) is 2.67. The second-order valence-corrected chi connectivity index (χ2v) is 7.63. The first-order chi connectivity index (χ1) is 11.8. The van der Waals surface area contributed by atoms with Crippen LogP contribution in [0, 0.1) is 5.92 Å². The summed E-state index contributed by atoms with van der Waals surface area (Å²) in [6.07, 6.45) is 11.0. The van der Waals surface area contributed by atoms with Gasteiger partial charge < -0.3 is 15.0 Å². The maximum absolute atomic E-state index is 5.22. The van der Waals surface area contributed by atoms with Gasteiger partial charge in [0.25, 0.3) is 0 Å². The van der Waals surface area contributed by atoms with Gasteiger partial charge in [-0.1, -0.05) is 31.4 Å². The molecule has 0 bridgehead atoms. The Morgan fingerprint density at radius 1 is 1.00 bits per heavy atom. The van der Waals surface area contributed by atoms with E-state index in [0.29, 0.717) is 0 Å². The molecule has 3 rings (SSSR count). The molecule has 0 atom stereocenters. The lowest BCUT2D eigenvalue weighted by Crippen LogP contribution is -2.44. The van der Waals surface area contributed by atoms with E-state index in [-0.39, 0.29) is 0 Å². The fourth-order valence-corrected chi connectivity index (χ4v) is 4.16. The first-order valence-corrected chi connectivity index (χ1v) is 9.92. The third-order valence-electron chi connectivity index (χ3n) is 5.88. The smallest absolute Gasteiger partial charge is 0.118 e. The van der Waals surface area contributed by atoms with Crippen molar-refractivity contribution >= 4 is 0 Å². The molecule has 3 heteroatoms. The Balaban J connectivity index is 1.31. The van der Waals surface area contributed by atoms with Crippen LogP contribution in [0.2, 0.25) is 0 Å². The lowest BCUT2D eigenvalue weighted by molar-refractivity contribution is 0.193. The molecule has 0 amide bonds. The minimum absolute atomic E-state index is 0.754. The number of nitrogens with zero attached hydrogens (tertiary/aromatic N) is 1. The van der Waals surface area contributed by atoms with Gasteiger partial charge in [0.05, 0.1) is 7.11 Å². The van der Waals surface area contributed by atoms with Crippen LogP contribution in [0.4, 0.5) is 0 Å². The summed E-state index contributed by atoms with van der Waals surface area (Å²) in [6.45, 7) is 4.94. The number of methoxy groups -OCH3 is 1. The summed E-state index contributed by atoms with van der Waals surface area (Å²) in [6, 6.07) is 9.27. The van der Waals surface area contributed by atoms with Crippen LogP contribution in [-0.2, 0) is 6.42 Å². The molecule has 1 aromatic carbocycles. The molecular formula is C21H34N2O. The van der Waals surface area contributed by atoms with Gasteiger partial charge >= 0.3 is 0 Å². The van der Waals surface area contributed by atoms with Crippen molar-refractivity contribution in [1.29, 1.82) is 0 Å². The molecule has 1 N–H and O–H groups in total. The van der Waals surface area contributed by atoms with E-state index in [2.05, 4.69) is 34.5 Å². The SMILES string of the molecule is COc1ccc(CCN2CCC(NCC3CCCCC3)CC2)cc1. The van der Waals surface area contributed by atoms with E-state index in [1.807, 2.05) is 0 Å². The van der Waals surface area contributed by atoms with Crippen LogP contribution in [-0.4, -0.2) is 44.2 Å². The van der Waals surface area contributed by atoms with E-state index in [1.54, 1.807) is 7.11 Å². The van der Waals surface area contributed by atoms with Crippen molar-refractivity contribution in [2.45, 2.75) is 57.4 Å². The highest BCUT2D eigenvalue weighted by Crippen LogP contribution is 2.23. The lowest BCUT2D eigenvalue weighted by atomic mass is 9.89. The molecule has 0 aromatic heterocycles. The highest BCUT2D eigenvalue weighted by Gasteiger charge is 2.20. The highest BCUT2D eigenvalue weighted by atomic mass is 16.5. The second-order valence-electron chi connectivity index (χ2n) is 7.63. The lowest BCUT2D eigenvalue weighted by Gasteiger charge is -2.33. The van der Waals surface area contributed by atoms with Gasteiger partial charge in [-0.15, -0.1) is 0 Å². The molecule has 0 unspecified atom stereocenters. The third-order valence-corrected chi connectivity index (χ3v) is 5.88. The Labute approximate surface area is 147 Å². The van der Waals surface area contributed by atoms with Gasteiger partial charge in [-0.05, 0) is 75.4 Å². The van der Waals surface area contributed by atoms with Crippen LogP contribution < -0.4 is 10.1 Å². The number of likely N-dealkylation sites (tertiary alicyclic amines) is 1. The molecule has 24 heavy (non-hydrogen) atoms. The number of hydrogen-bond acceptors (Lipinski definition) is 3. The molecule has 1 aromatic rings. The van der Waals surface area contributed by atoms with Gasteiger partial charge in [0.2, 0.25) is 0 Å². The van der Waals surface area contributed by atoms with Crippen LogP contribution in [0.15, 0.2) is 24.3 Å². The molecule has 2 fully saturated rings. The topological polar surface area (TPSA) is 24.5 Å². The van der Waals surface area contributed by atoms with E-state index in [4.69, 9.17) is 4.74 Å². The van der Waals surface area contributed by atoms with Gasteiger partial charge in [0, 0.05) is 12.6 Å². The molecule has 0 radical (unpaired) electrons. The Morgan fingerprint density at radius 3 is 2.38 bits per heavy atom. The maximum Gasteiger partial charge on any atom is 0.118 e. The molecular weight excluding hydrogens is 296 g/mol. The zero-order valence-electron chi connectivity index (χ0n) is 15.3. The minimum Gasteiger partial charge on any atom is -0.497 e. The van der Waals surface area contributed by atoms with Crippen molar-refractivity contribution in [1.82, 2.24) is 10.2 Å². The van der Waals surface area contributed by atoms with Crippen molar-refractivity contribution in [3.8, 4) is 5.75 Å². The monoisotopic (exact) mass is 330 g/mol. The summed E-state index contributed by atoms with van der Waals surface area (Å²) >= 11 is 0. The largest absolute Gasteiger partial charge is 0.497 e. The summed E-state index contributed by atoms with van der Waals surface area (Å²) in [5.74, 6) is 1.90. The third kappa shape index (κ3) is 5.49. The summed E-state index contributed by atoms with van der Waals surface area (Å²) in [5, 5.41) is 3.86. The first-order valence-electron chi connectivity index (χ1n) is 9.92. The fraction of sp³-hybridized carbons (Fsp3) is 0.714. The fourth-order valence-electron chi connectivity index (χ4n) is 4.16. The Hall–Kier alpha value is -1.06. The summed E-state index contributed by atoms with van der Waals surface area (Å²) in [5.41, 5.74) is 1.41. The van der Waals surface area contributed by atoms with Crippen molar-refractivity contribution < 1.29 is 4.74 Å². The Morgan fingerprint density at radius 2 is 1.71 bits per heavy atom. The number of ether oxygens (including phenoxy) is 1. The van der Waals surface area contributed by atoms with Gasteiger partial charge in [-0.3, -0.25) is 0 Å². The van der Waals surface area contributed by atoms with Crippen molar-refractivity contribution in [3.05, 3.63) is 29.8 Å². The molecule has 1 saturated heterocycles. The van der Waals surface area contributed by atoms with Crippen molar-refractivity contribution in [2.24, 2.45) is 5.92 Å². The molecule has 0 spiro atoms. The molecule has 1 aliphatic heterocycles. The van der Waals surface area contributed by atoms with E-state index in [9.17, 15) is 0 Å². The first kappa shape index (κ1) is 17.8. The molecule has 1 heterocycles. The number of nitrogens with one attached hydrogen (secondary N) is 1. The van der Waals surface area contributed by atoms with Gasteiger partial charge in [-0.2, -0.15) is 0 Å². The number of hydrogen-bond donors (Lipinski definition) is 1. The molecule has 3 nitrogen and oxygen atoms in total. The number of piperidine rings is 1. The summed E-state index contributed by atoms with van der Waals surface area (Å²) in [7, 11) is 1.72. The van der Waals surface area contributed by atoms with Gasteiger partial charge in [-0.25, -0.2) is 0 Å².